The lowest BCUT2D eigenvalue weighted by Crippen LogP contribution is -2.35. The molecule has 3 nitrogen and oxygen atoms in total. The lowest BCUT2D eigenvalue weighted by Gasteiger charge is -2.22. The Hall–Kier alpha value is -0.830. The Balaban J connectivity index is 1.71. The van der Waals surface area contributed by atoms with Gasteiger partial charge < -0.3 is 9.64 Å². The van der Waals surface area contributed by atoms with E-state index in [1.54, 1.807) is 0 Å². The Kier molecular flexibility index (Phi) is 1.87. The number of rotatable bonds is 1. The monoisotopic (exact) mass is 193 g/mol. The summed E-state index contributed by atoms with van der Waals surface area (Å²) < 4.78 is 5.20. The summed E-state index contributed by atoms with van der Waals surface area (Å²) in [6.45, 7) is 2.01. The summed E-state index contributed by atoms with van der Waals surface area (Å²) in [4.78, 5) is 13.9. The van der Waals surface area contributed by atoms with Gasteiger partial charge in [-0.1, -0.05) is 12.2 Å². The molecular formula is C11H15NO2. The normalized spacial score (nSPS) is 39.7. The van der Waals surface area contributed by atoms with Crippen LogP contribution in [0.4, 0.5) is 0 Å². The molecule has 0 unspecified atom stereocenters. The Morgan fingerprint density at radius 3 is 2.86 bits per heavy atom. The second-order valence-electron chi connectivity index (χ2n) is 4.53. The highest BCUT2D eigenvalue weighted by Crippen LogP contribution is 2.44. The number of carbonyl (C=O) groups excluding carboxylic acids is 1. The number of nitrogens with zero attached hydrogens (tertiary/aromatic N) is 1. The molecule has 2 fully saturated rings. The fourth-order valence-corrected chi connectivity index (χ4v) is 2.89. The van der Waals surface area contributed by atoms with Gasteiger partial charge in [0.15, 0.2) is 0 Å². The third kappa shape index (κ3) is 1.19. The first-order valence-electron chi connectivity index (χ1n) is 5.39. The first-order valence-corrected chi connectivity index (χ1v) is 5.39. The molecule has 1 saturated heterocycles. The molecule has 0 aromatic heterocycles. The molecule has 0 spiro atoms. The van der Waals surface area contributed by atoms with Crippen molar-refractivity contribution in [2.24, 2.45) is 17.8 Å². The van der Waals surface area contributed by atoms with Crippen LogP contribution in [-0.4, -0.2) is 30.7 Å². The number of ether oxygens (including phenoxy) is 1. The predicted molar refractivity (Wildman–Crippen MR) is 51.4 cm³/mol. The number of hydrogen-bond acceptors (Lipinski definition) is 2. The summed E-state index contributed by atoms with van der Waals surface area (Å²) in [5, 5.41) is 0. The van der Waals surface area contributed by atoms with Gasteiger partial charge in [0.05, 0.1) is 6.61 Å². The van der Waals surface area contributed by atoms with Crippen molar-refractivity contribution in [2.75, 3.05) is 19.9 Å². The van der Waals surface area contributed by atoms with Gasteiger partial charge in [0, 0.05) is 12.5 Å². The molecule has 2 aliphatic carbocycles. The zero-order valence-electron chi connectivity index (χ0n) is 8.19. The highest BCUT2D eigenvalue weighted by Gasteiger charge is 2.41. The van der Waals surface area contributed by atoms with Gasteiger partial charge in [-0.2, -0.15) is 0 Å². The van der Waals surface area contributed by atoms with Gasteiger partial charge in [0.25, 0.3) is 0 Å². The summed E-state index contributed by atoms with van der Waals surface area (Å²) in [7, 11) is 0. The van der Waals surface area contributed by atoms with Crippen LogP contribution in [0.15, 0.2) is 12.2 Å². The van der Waals surface area contributed by atoms with E-state index in [1.807, 2.05) is 4.90 Å². The molecule has 0 N–H and O–H groups in total. The first kappa shape index (κ1) is 8.48. The van der Waals surface area contributed by atoms with Crippen LogP contribution in [0.1, 0.15) is 12.8 Å². The number of amides is 1. The van der Waals surface area contributed by atoms with Crippen LogP contribution < -0.4 is 0 Å². The lowest BCUT2D eigenvalue weighted by atomic mass is 9.92. The van der Waals surface area contributed by atoms with Crippen molar-refractivity contribution in [2.45, 2.75) is 12.8 Å². The van der Waals surface area contributed by atoms with Crippen molar-refractivity contribution in [1.29, 1.82) is 0 Å². The molecule has 14 heavy (non-hydrogen) atoms. The van der Waals surface area contributed by atoms with Gasteiger partial charge in [-0.05, 0) is 24.7 Å². The summed E-state index contributed by atoms with van der Waals surface area (Å²) in [5.41, 5.74) is 0. The van der Waals surface area contributed by atoms with E-state index in [2.05, 4.69) is 12.2 Å². The average molecular weight is 193 g/mol. The molecule has 1 amide bonds. The fourth-order valence-electron chi connectivity index (χ4n) is 2.89. The Bertz CT molecular complexity index is 281. The predicted octanol–water partition coefficient (Wildman–Crippen LogP) is 1.01. The smallest absolute Gasteiger partial charge is 0.228 e. The van der Waals surface area contributed by atoms with Gasteiger partial charge in [-0.15, -0.1) is 0 Å². The minimum Gasteiger partial charge on any atom is -0.359 e. The third-order valence-electron chi connectivity index (χ3n) is 3.66. The molecule has 3 atom stereocenters. The van der Waals surface area contributed by atoms with E-state index in [0.717, 1.165) is 13.0 Å². The third-order valence-corrected chi connectivity index (χ3v) is 3.66. The van der Waals surface area contributed by atoms with Crippen LogP contribution in [0, 0.1) is 17.8 Å². The van der Waals surface area contributed by atoms with Crippen LogP contribution in [0.5, 0.6) is 0 Å². The van der Waals surface area contributed by atoms with Gasteiger partial charge in [-0.25, -0.2) is 0 Å². The van der Waals surface area contributed by atoms with Crippen molar-refractivity contribution in [1.82, 2.24) is 4.90 Å². The van der Waals surface area contributed by atoms with Crippen molar-refractivity contribution in [3.05, 3.63) is 12.2 Å². The molecule has 0 radical (unpaired) electrons. The van der Waals surface area contributed by atoms with Crippen LogP contribution in [0.2, 0.25) is 0 Å². The molecule has 3 rings (SSSR count). The molecule has 2 bridgehead atoms. The minimum absolute atomic E-state index is 0.256. The maximum atomic E-state index is 12.0. The molecule has 3 heteroatoms. The molecule has 76 valence electrons. The quantitative estimate of drug-likeness (QED) is 0.582. The molecule has 3 aliphatic rings. The van der Waals surface area contributed by atoms with Crippen molar-refractivity contribution < 1.29 is 9.53 Å². The second-order valence-corrected chi connectivity index (χ2v) is 4.53. The van der Waals surface area contributed by atoms with E-state index >= 15 is 0 Å². The standard InChI is InChI=1S/C11H15NO2/c13-11(12-3-4-14-7-12)10-6-8-1-2-9(10)5-8/h1-2,8-10H,3-7H2/t8-,9+,10-/m0/s1. The Labute approximate surface area is 83.7 Å². The number of fused-ring (bicyclic) bond motifs is 2. The number of allylic oxidation sites excluding steroid dienone is 2. The summed E-state index contributed by atoms with van der Waals surface area (Å²) in [5.74, 6) is 1.77. The van der Waals surface area contributed by atoms with Gasteiger partial charge >= 0.3 is 0 Å². The van der Waals surface area contributed by atoms with Crippen LogP contribution in [-0.2, 0) is 9.53 Å². The largest absolute Gasteiger partial charge is 0.359 e. The van der Waals surface area contributed by atoms with E-state index < -0.39 is 0 Å². The Morgan fingerprint density at radius 1 is 1.36 bits per heavy atom. The first-order chi connectivity index (χ1) is 6.84. The van der Waals surface area contributed by atoms with E-state index in [-0.39, 0.29) is 5.92 Å². The van der Waals surface area contributed by atoms with Crippen LogP contribution in [0.25, 0.3) is 0 Å². The highest BCUT2D eigenvalue weighted by molar-refractivity contribution is 5.80. The average Bonchev–Trinajstić information content (AvgIpc) is 2.93. The topological polar surface area (TPSA) is 29.5 Å². The Morgan fingerprint density at radius 2 is 2.29 bits per heavy atom. The molecule has 1 aliphatic heterocycles. The molecule has 1 saturated carbocycles. The molecule has 1 heterocycles. The van der Waals surface area contributed by atoms with Crippen molar-refractivity contribution >= 4 is 5.91 Å². The molecular weight excluding hydrogens is 178 g/mol. The number of hydrogen-bond donors (Lipinski definition) is 0. The summed E-state index contributed by atoms with van der Waals surface area (Å²) >= 11 is 0. The van der Waals surface area contributed by atoms with Crippen LogP contribution in [0.3, 0.4) is 0 Å². The summed E-state index contributed by atoms with van der Waals surface area (Å²) in [6.07, 6.45) is 6.77. The number of carbonyl (C=O) groups is 1. The van der Waals surface area contributed by atoms with Crippen molar-refractivity contribution in [3.8, 4) is 0 Å². The van der Waals surface area contributed by atoms with E-state index in [0.29, 0.717) is 31.1 Å². The van der Waals surface area contributed by atoms with E-state index in [4.69, 9.17) is 4.74 Å². The van der Waals surface area contributed by atoms with E-state index in [1.165, 1.54) is 6.42 Å². The van der Waals surface area contributed by atoms with Gasteiger partial charge in [0.1, 0.15) is 6.73 Å². The van der Waals surface area contributed by atoms with Gasteiger partial charge in [-0.3, -0.25) is 4.79 Å². The van der Waals surface area contributed by atoms with Crippen LogP contribution >= 0.6 is 0 Å². The summed E-state index contributed by atoms with van der Waals surface area (Å²) in [6, 6.07) is 0. The zero-order valence-corrected chi connectivity index (χ0v) is 8.19. The molecule has 0 aromatic rings. The highest BCUT2D eigenvalue weighted by atomic mass is 16.5. The second kappa shape index (κ2) is 3.09. The maximum absolute atomic E-state index is 12.0. The molecule has 0 aromatic carbocycles. The maximum Gasteiger partial charge on any atom is 0.228 e. The fraction of sp³-hybridized carbons (Fsp3) is 0.727. The SMILES string of the molecule is O=C([C@H]1C[C@H]2C=C[C@@H]1C2)N1CCOC1. The minimum atomic E-state index is 0.256. The zero-order chi connectivity index (χ0) is 9.54. The van der Waals surface area contributed by atoms with Crippen molar-refractivity contribution in [3.63, 3.8) is 0 Å². The van der Waals surface area contributed by atoms with E-state index in [9.17, 15) is 4.79 Å². The van der Waals surface area contributed by atoms with Gasteiger partial charge in [0.2, 0.25) is 5.91 Å². The lowest BCUT2D eigenvalue weighted by molar-refractivity contribution is -0.136.